The second-order valence-electron chi connectivity index (χ2n) is 1.79. The van der Waals surface area contributed by atoms with E-state index in [9.17, 15) is 0 Å². The highest BCUT2D eigenvalue weighted by molar-refractivity contribution is 5.31. The average Bonchev–Trinajstić information content (AvgIpc) is 2.18. The van der Waals surface area contributed by atoms with Crippen molar-refractivity contribution in [2.45, 2.75) is 6.04 Å². The molecule has 0 aromatic heterocycles. The molecule has 2 nitrogen and oxygen atoms in total. The van der Waals surface area contributed by atoms with E-state index in [4.69, 9.17) is 5.53 Å². The van der Waals surface area contributed by atoms with E-state index in [1.807, 2.05) is 18.2 Å². The van der Waals surface area contributed by atoms with Crippen LogP contribution in [-0.2, 0) is 0 Å². The summed E-state index contributed by atoms with van der Waals surface area (Å²) in [5.41, 5.74) is 9.69. The minimum absolute atomic E-state index is 0.204. The van der Waals surface area contributed by atoms with E-state index in [2.05, 4.69) is 0 Å². The lowest BCUT2D eigenvalue weighted by Gasteiger charge is -2.13. The minimum Gasteiger partial charge on any atom is -0.499 e. The molecule has 1 aliphatic carbocycles. The first-order chi connectivity index (χ1) is 3.38. The lowest BCUT2D eigenvalue weighted by molar-refractivity contribution is -0.530. The Bertz CT molecular complexity index is 188. The predicted octanol–water partition coefficient (Wildman–Crippen LogP) is 0.856. The molecule has 0 amide bonds. The van der Waals surface area contributed by atoms with Gasteiger partial charge in [0.1, 0.15) is 0 Å². The van der Waals surface area contributed by atoms with Gasteiger partial charge in [0.05, 0.1) is 6.08 Å². The van der Waals surface area contributed by atoms with Crippen LogP contribution in [-0.4, -0.2) is 10.7 Å². The average molecular weight is 92.1 g/mol. The summed E-state index contributed by atoms with van der Waals surface area (Å²) in [6, 6.07) is 0.204. The Morgan fingerprint density at radius 1 is 1.71 bits per heavy atom. The highest BCUT2D eigenvalue weighted by Gasteiger charge is 2.31. The smallest absolute Gasteiger partial charge is 0.197 e. The molecule has 7 heavy (non-hydrogen) atoms. The number of allylic oxidation sites excluding steroid dienone is 1. The van der Waals surface area contributed by atoms with Crippen molar-refractivity contribution in [2.24, 2.45) is 0 Å². The van der Waals surface area contributed by atoms with Gasteiger partial charge >= 0.3 is 0 Å². The molecule has 0 aromatic rings. The van der Waals surface area contributed by atoms with Crippen LogP contribution in [0.5, 0.6) is 0 Å². The normalized spacial score (nSPS) is 32.9. The van der Waals surface area contributed by atoms with Gasteiger partial charge in [-0.1, -0.05) is 0 Å². The van der Waals surface area contributed by atoms with Gasteiger partial charge in [0.25, 0.3) is 0 Å². The molecular weight excluding hydrogens is 88.1 g/mol. The van der Waals surface area contributed by atoms with Crippen molar-refractivity contribution in [1.29, 1.82) is 0 Å². The molecule has 1 atom stereocenters. The number of nitrogens with zero attached hydrogens (tertiary/aromatic N) is 2. The molecule has 0 radical (unpaired) electrons. The largest absolute Gasteiger partial charge is 0.499 e. The van der Waals surface area contributed by atoms with Crippen LogP contribution in [0.1, 0.15) is 0 Å². The van der Waals surface area contributed by atoms with Crippen molar-refractivity contribution in [1.82, 2.24) is 0 Å². The SMILES string of the molecule is [N-]=[N+]1C2=CC1C=C2. The summed E-state index contributed by atoms with van der Waals surface area (Å²) < 4.78 is 1.25. The van der Waals surface area contributed by atoms with Crippen molar-refractivity contribution in [3.8, 4) is 0 Å². The monoisotopic (exact) mass is 92.0 g/mol. The van der Waals surface area contributed by atoms with Crippen LogP contribution >= 0.6 is 0 Å². The summed E-state index contributed by atoms with van der Waals surface area (Å²) in [5.74, 6) is 0. The lowest BCUT2D eigenvalue weighted by atomic mass is 10.2. The van der Waals surface area contributed by atoms with Gasteiger partial charge in [-0.15, -0.1) is 0 Å². The third-order valence-corrected chi connectivity index (χ3v) is 1.35. The molecule has 2 bridgehead atoms. The summed E-state index contributed by atoms with van der Waals surface area (Å²) in [7, 11) is 0. The molecule has 3 rings (SSSR count). The number of hydrogen-bond acceptors (Lipinski definition) is 0. The number of rotatable bonds is 0. The quantitative estimate of drug-likeness (QED) is 0.396. The Hall–Kier alpha value is -0.920. The lowest BCUT2D eigenvalue weighted by Crippen LogP contribution is -2.21. The van der Waals surface area contributed by atoms with Crippen LogP contribution in [0, 0.1) is 0 Å². The van der Waals surface area contributed by atoms with E-state index in [0.717, 1.165) is 5.70 Å². The molecule has 2 heterocycles. The maximum absolute atomic E-state index is 8.75. The summed E-state index contributed by atoms with van der Waals surface area (Å²) in [6.07, 6.45) is 5.86. The molecule has 0 saturated carbocycles. The van der Waals surface area contributed by atoms with E-state index < -0.39 is 0 Å². The molecule has 0 N–H and O–H groups in total. The topological polar surface area (TPSA) is 25.3 Å². The molecule has 0 saturated heterocycles. The van der Waals surface area contributed by atoms with Crippen LogP contribution < -0.4 is 0 Å². The fourth-order valence-corrected chi connectivity index (χ4v) is 0.878. The van der Waals surface area contributed by atoms with Crippen molar-refractivity contribution in [2.75, 3.05) is 0 Å². The standard InChI is InChI=1S/C5H4N2/c6-7-4-1-2-5(7)3-4/h1-4H. The van der Waals surface area contributed by atoms with E-state index in [-0.39, 0.29) is 6.04 Å². The van der Waals surface area contributed by atoms with Gasteiger partial charge in [-0.2, -0.15) is 0 Å². The molecule has 0 aromatic carbocycles. The van der Waals surface area contributed by atoms with E-state index in [0.29, 0.717) is 0 Å². The van der Waals surface area contributed by atoms with Gasteiger partial charge in [0.2, 0.25) is 0 Å². The molecule has 2 aliphatic heterocycles. The maximum Gasteiger partial charge on any atom is 0.197 e. The third-order valence-electron chi connectivity index (χ3n) is 1.35. The molecule has 0 fully saturated rings. The second kappa shape index (κ2) is 0.689. The zero-order valence-electron chi connectivity index (χ0n) is 3.70. The predicted molar refractivity (Wildman–Crippen MR) is 24.6 cm³/mol. The number of hydrogen-bond donors (Lipinski definition) is 0. The van der Waals surface area contributed by atoms with E-state index in [1.165, 1.54) is 4.70 Å². The van der Waals surface area contributed by atoms with Crippen molar-refractivity contribution < 1.29 is 4.70 Å². The van der Waals surface area contributed by atoms with Gasteiger partial charge in [-0.3, -0.25) is 4.70 Å². The Kier molecular flexibility index (Phi) is 0.308. The molecule has 1 unspecified atom stereocenters. The Morgan fingerprint density at radius 3 is 2.71 bits per heavy atom. The Labute approximate surface area is 41.3 Å². The first-order valence-electron chi connectivity index (χ1n) is 2.26. The molecule has 2 heteroatoms. The fourth-order valence-electron chi connectivity index (χ4n) is 0.878. The second-order valence-corrected chi connectivity index (χ2v) is 1.79. The van der Waals surface area contributed by atoms with E-state index in [1.54, 1.807) is 0 Å². The molecule has 0 spiro atoms. The first kappa shape index (κ1) is 3.13. The minimum atomic E-state index is 0.204. The molecule has 3 aliphatic rings. The maximum atomic E-state index is 8.75. The Morgan fingerprint density at radius 2 is 2.57 bits per heavy atom. The zero-order valence-corrected chi connectivity index (χ0v) is 3.70. The Balaban J connectivity index is 2.61. The van der Waals surface area contributed by atoms with Crippen LogP contribution in [0.25, 0.3) is 5.53 Å². The van der Waals surface area contributed by atoms with Gasteiger partial charge in [-0.05, 0) is 6.08 Å². The van der Waals surface area contributed by atoms with Crippen molar-refractivity contribution >= 4 is 0 Å². The first-order valence-corrected chi connectivity index (χ1v) is 2.26. The summed E-state index contributed by atoms with van der Waals surface area (Å²) >= 11 is 0. The van der Waals surface area contributed by atoms with Gasteiger partial charge < -0.3 is 5.53 Å². The highest BCUT2D eigenvalue weighted by atomic mass is 15.2. The molecule has 34 valence electrons. The van der Waals surface area contributed by atoms with Crippen molar-refractivity contribution in [3.63, 3.8) is 0 Å². The van der Waals surface area contributed by atoms with Gasteiger partial charge in [-0.25, -0.2) is 0 Å². The van der Waals surface area contributed by atoms with Crippen molar-refractivity contribution in [3.05, 3.63) is 29.5 Å². The fraction of sp³-hybridized carbons (Fsp3) is 0.200. The van der Waals surface area contributed by atoms with Crippen LogP contribution in [0.4, 0.5) is 0 Å². The third kappa shape index (κ3) is 0.186. The van der Waals surface area contributed by atoms with Crippen LogP contribution in [0.3, 0.4) is 0 Å². The highest BCUT2D eigenvalue weighted by Crippen LogP contribution is 2.25. The van der Waals surface area contributed by atoms with Crippen LogP contribution in [0.2, 0.25) is 0 Å². The summed E-state index contributed by atoms with van der Waals surface area (Å²) in [5, 5.41) is 0. The molecular formula is C5H4N2. The zero-order chi connectivity index (χ0) is 4.85. The summed E-state index contributed by atoms with van der Waals surface area (Å²) in [4.78, 5) is 0. The van der Waals surface area contributed by atoms with Gasteiger partial charge in [0, 0.05) is 6.08 Å². The van der Waals surface area contributed by atoms with Crippen LogP contribution in [0.15, 0.2) is 23.9 Å². The van der Waals surface area contributed by atoms with E-state index >= 15 is 0 Å². The summed E-state index contributed by atoms with van der Waals surface area (Å²) in [6.45, 7) is 0. The van der Waals surface area contributed by atoms with Gasteiger partial charge in [0.15, 0.2) is 11.7 Å².